The molecule has 2 N–H and O–H groups in total. The van der Waals surface area contributed by atoms with E-state index in [1.807, 2.05) is 12.1 Å². The number of nitrogens with two attached hydrogens (primary N) is 1. The minimum Gasteiger partial charge on any atom is -0.492 e. The first-order valence-electron chi connectivity index (χ1n) is 6.86. The van der Waals surface area contributed by atoms with Crippen molar-refractivity contribution in [3.05, 3.63) is 63.4 Å². The molecule has 0 saturated carbocycles. The molecule has 0 saturated heterocycles. The van der Waals surface area contributed by atoms with E-state index in [1.165, 1.54) is 12.1 Å². The van der Waals surface area contributed by atoms with Crippen LogP contribution in [0.3, 0.4) is 0 Å². The van der Waals surface area contributed by atoms with E-state index in [-0.39, 0.29) is 17.3 Å². The first kappa shape index (κ1) is 14.5. The molecule has 3 rings (SSSR count). The zero-order valence-electron chi connectivity index (χ0n) is 12.0. The van der Waals surface area contributed by atoms with Gasteiger partial charge in [-0.25, -0.2) is 4.39 Å². The van der Waals surface area contributed by atoms with Crippen LogP contribution in [0.2, 0.25) is 0 Å². The summed E-state index contributed by atoms with van der Waals surface area (Å²) in [6.45, 7) is 4.96. The van der Waals surface area contributed by atoms with E-state index in [0.717, 1.165) is 26.9 Å². The Morgan fingerprint density at radius 2 is 2.00 bits per heavy atom. The van der Waals surface area contributed by atoms with Crippen LogP contribution in [0.4, 0.5) is 4.39 Å². The number of benzene rings is 2. The average Bonchev–Trinajstić information content (AvgIpc) is 2.76. The van der Waals surface area contributed by atoms with Gasteiger partial charge in [0.05, 0.1) is 12.6 Å². The van der Waals surface area contributed by atoms with Crippen molar-refractivity contribution in [1.29, 1.82) is 0 Å². The van der Waals surface area contributed by atoms with Crippen LogP contribution in [0, 0.1) is 5.82 Å². The first-order valence-corrected chi connectivity index (χ1v) is 7.65. The zero-order chi connectivity index (χ0) is 15.2. The maximum atomic E-state index is 13.5. The smallest absolute Gasteiger partial charge is 0.123 e. The van der Waals surface area contributed by atoms with Gasteiger partial charge in [0.15, 0.2) is 0 Å². The molecule has 0 radical (unpaired) electrons. The molecule has 0 aliphatic carbocycles. The second-order valence-corrected chi connectivity index (χ2v) is 6.93. The lowest BCUT2D eigenvalue weighted by atomic mass is 9.85. The topological polar surface area (TPSA) is 35.2 Å². The highest BCUT2D eigenvalue weighted by molar-refractivity contribution is 9.10. The van der Waals surface area contributed by atoms with Crippen molar-refractivity contribution in [2.45, 2.75) is 25.3 Å². The molecule has 1 aliphatic heterocycles. The van der Waals surface area contributed by atoms with E-state index in [2.05, 4.69) is 35.8 Å². The van der Waals surface area contributed by atoms with Crippen molar-refractivity contribution in [2.75, 3.05) is 6.61 Å². The van der Waals surface area contributed by atoms with Crippen molar-refractivity contribution in [3.8, 4) is 5.75 Å². The summed E-state index contributed by atoms with van der Waals surface area (Å²) in [7, 11) is 0. The minimum atomic E-state index is -0.378. The molecule has 0 amide bonds. The zero-order valence-corrected chi connectivity index (χ0v) is 13.6. The van der Waals surface area contributed by atoms with Crippen molar-refractivity contribution in [3.63, 3.8) is 0 Å². The normalized spacial score (nSPS) is 17.2. The van der Waals surface area contributed by atoms with E-state index in [0.29, 0.717) is 6.61 Å². The fourth-order valence-corrected chi connectivity index (χ4v) is 3.16. The van der Waals surface area contributed by atoms with E-state index < -0.39 is 0 Å². The Bertz CT molecular complexity index is 699. The maximum Gasteiger partial charge on any atom is 0.123 e. The quantitative estimate of drug-likeness (QED) is 0.876. The van der Waals surface area contributed by atoms with Gasteiger partial charge < -0.3 is 10.5 Å². The fourth-order valence-electron chi connectivity index (χ4n) is 2.66. The Morgan fingerprint density at radius 3 is 2.76 bits per heavy atom. The van der Waals surface area contributed by atoms with Crippen LogP contribution in [0.15, 0.2) is 40.9 Å². The molecule has 1 atom stereocenters. The van der Waals surface area contributed by atoms with Gasteiger partial charge in [-0.1, -0.05) is 35.8 Å². The Kier molecular flexibility index (Phi) is 3.54. The molecule has 4 heteroatoms. The summed E-state index contributed by atoms with van der Waals surface area (Å²) in [5, 5.41) is 0. The molecule has 0 bridgehead atoms. The molecule has 2 nitrogen and oxygen atoms in total. The monoisotopic (exact) mass is 349 g/mol. The van der Waals surface area contributed by atoms with Crippen LogP contribution in [0.25, 0.3) is 0 Å². The van der Waals surface area contributed by atoms with E-state index in [9.17, 15) is 4.39 Å². The Labute approximate surface area is 132 Å². The van der Waals surface area contributed by atoms with Gasteiger partial charge >= 0.3 is 0 Å². The molecule has 2 aromatic rings. The average molecular weight is 350 g/mol. The predicted octanol–water partition coefficient (Wildman–Crippen LogP) is 4.31. The van der Waals surface area contributed by atoms with Gasteiger partial charge in [0.25, 0.3) is 0 Å². The summed E-state index contributed by atoms with van der Waals surface area (Å²) in [6, 6.07) is 10.2. The van der Waals surface area contributed by atoms with Crippen LogP contribution < -0.4 is 10.5 Å². The number of halogens is 2. The lowest BCUT2D eigenvalue weighted by molar-refractivity contribution is 0.291. The summed E-state index contributed by atoms with van der Waals surface area (Å²) in [4.78, 5) is 0. The van der Waals surface area contributed by atoms with Gasteiger partial charge in [0, 0.05) is 15.5 Å². The van der Waals surface area contributed by atoms with Crippen LogP contribution in [0.1, 0.15) is 36.6 Å². The second-order valence-electron chi connectivity index (χ2n) is 6.07. The summed E-state index contributed by atoms with van der Waals surface area (Å²) >= 11 is 3.44. The van der Waals surface area contributed by atoms with Crippen LogP contribution >= 0.6 is 15.9 Å². The molecule has 1 unspecified atom stereocenters. The summed E-state index contributed by atoms with van der Waals surface area (Å²) in [5.41, 5.74) is 9.16. The molecule has 0 spiro atoms. The third-order valence-corrected chi connectivity index (χ3v) is 4.70. The molecule has 0 fully saturated rings. The van der Waals surface area contributed by atoms with Gasteiger partial charge in [-0.05, 0) is 41.5 Å². The summed E-state index contributed by atoms with van der Waals surface area (Å²) < 4.78 is 20.0. The molecule has 1 aliphatic rings. The van der Waals surface area contributed by atoms with Gasteiger partial charge in [-0.2, -0.15) is 0 Å². The largest absolute Gasteiger partial charge is 0.492 e. The van der Waals surface area contributed by atoms with Gasteiger partial charge in [0.1, 0.15) is 11.6 Å². The predicted molar refractivity (Wildman–Crippen MR) is 85.1 cm³/mol. The Morgan fingerprint density at radius 1 is 1.24 bits per heavy atom. The van der Waals surface area contributed by atoms with Gasteiger partial charge in [0.2, 0.25) is 0 Å². The molecule has 110 valence electrons. The highest BCUT2D eigenvalue weighted by Gasteiger charge is 2.32. The molecule has 0 aromatic heterocycles. The van der Waals surface area contributed by atoms with Crippen molar-refractivity contribution >= 4 is 15.9 Å². The lowest BCUT2D eigenvalue weighted by Gasteiger charge is -2.19. The highest BCUT2D eigenvalue weighted by atomic mass is 79.9. The van der Waals surface area contributed by atoms with Crippen molar-refractivity contribution < 1.29 is 9.13 Å². The SMILES string of the molecule is CC1(C)COc2ccc(C(N)c3cc(F)ccc3Br)cc21. The van der Waals surface area contributed by atoms with Gasteiger partial charge in [-0.3, -0.25) is 0 Å². The summed E-state index contributed by atoms with van der Waals surface area (Å²) in [5.74, 6) is 0.628. The van der Waals surface area contributed by atoms with Gasteiger partial charge in [-0.15, -0.1) is 0 Å². The maximum absolute atomic E-state index is 13.5. The van der Waals surface area contributed by atoms with Crippen LogP contribution in [-0.4, -0.2) is 6.61 Å². The third-order valence-electron chi connectivity index (χ3n) is 3.97. The van der Waals surface area contributed by atoms with Crippen molar-refractivity contribution in [2.24, 2.45) is 5.73 Å². The molecule has 2 aromatic carbocycles. The van der Waals surface area contributed by atoms with E-state index in [1.54, 1.807) is 6.07 Å². The Hall–Kier alpha value is -1.39. The van der Waals surface area contributed by atoms with E-state index in [4.69, 9.17) is 10.5 Å². The van der Waals surface area contributed by atoms with Crippen LogP contribution in [0.5, 0.6) is 5.75 Å². The minimum absolute atomic E-state index is 0.0236. The van der Waals surface area contributed by atoms with Crippen molar-refractivity contribution in [1.82, 2.24) is 0 Å². The molecular weight excluding hydrogens is 333 g/mol. The second kappa shape index (κ2) is 5.11. The number of rotatable bonds is 2. The fraction of sp³-hybridized carbons (Fsp3) is 0.294. The molecular formula is C17H17BrFNO. The van der Waals surface area contributed by atoms with E-state index >= 15 is 0 Å². The molecule has 1 heterocycles. The lowest BCUT2D eigenvalue weighted by Crippen LogP contribution is -2.19. The Balaban J connectivity index is 2.03. The standard InChI is InChI=1S/C17H17BrFNO/c1-17(2)9-21-15-6-3-10(7-13(15)17)16(20)12-8-11(19)4-5-14(12)18/h3-8,16H,9,20H2,1-2H3. The third kappa shape index (κ3) is 2.58. The molecule has 21 heavy (non-hydrogen) atoms. The number of fused-ring (bicyclic) bond motifs is 1. The summed E-state index contributed by atoms with van der Waals surface area (Å²) in [6.07, 6.45) is 0. The number of hydrogen-bond acceptors (Lipinski definition) is 2. The number of hydrogen-bond donors (Lipinski definition) is 1. The number of ether oxygens (including phenoxy) is 1. The first-order chi connectivity index (χ1) is 9.88. The van der Waals surface area contributed by atoms with Crippen LogP contribution in [-0.2, 0) is 5.41 Å². The highest BCUT2D eigenvalue weighted by Crippen LogP contribution is 2.40.